The minimum absolute atomic E-state index is 0.376. The summed E-state index contributed by atoms with van der Waals surface area (Å²) in [6.45, 7) is 4.03. The molecule has 5 rings (SSSR count). The van der Waals surface area contributed by atoms with Crippen molar-refractivity contribution in [3.8, 4) is 11.5 Å². The topological polar surface area (TPSA) is 110 Å². The van der Waals surface area contributed by atoms with Gasteiger partial charge in [0.05, 0.1) is 23.5 Å². The molecule has 1 aliphatic rings. The van der Waals surface area contributed by atoms with E-state index in [9.17, 15) is 4.79 Å². The molecule has 1 aliphatic heterocycles. The normalized spacial score (nSPS) is 13.0. The second-order valence-electron chi connectivity index (χ2n) is 6.88. The van der Waals surface area contributed by atoms with E-state index < -0.39 is 5.91 Å². The molecule has 8 nitrogen and oxygen atoms in total. The molecule has 0 unspecified atom stereocenters. The smallest absolute Gasteiger partial charge is 0.252 e. The molecular formula is C20H19N7OS. The van der Waals surface area contributed by atoms with Crippen molar-refractivity contribution in [2.75, 3.05) is 5.32 Å². The molecular weight excluding hydrogens is 386 g/mol. The van der Waals surface area contributed by atoms with Crippen molar-refractivity contribution in [2.24, 2.45) is 5.73 Å². The zero-order chi connectivity index (χ0) is 20.0. The van der Waals surface area contributed by atoms with Crippen LogP contribution in [0.5, 0.6) is 0 Å². The van der Waals surface area contributed by atoms with Gasteiger partial charge in [-0.2, -0.15) is 0 Å². The molecule has 9 heteroatoms. The lowest BCUT2D eigenvalue weighted by molar-refractivity contribution is 0.100. The van der Waals surface area contributed by atoms with Crippen LogP contribution in [-0.2, 0) is 19.6 Å². The molecule has 4 aromatic rings. The van der Waals surface area contributed by atoms with E-state index in [-0.39, 0.29) is 0 Å². The molecule has 0 radical (unpaired) electrons. The fraction of sp³-hybridized carbons (Fsp3) is 0.200. The molecule has 0 aromatic carbocycles. The van der Waals surface area contributed by atoms with Gasteiger partial charge in [-0.1, -0.05) is 6.07 Å². The van der Waals surface area contributed by atoms with E-state index >= 15 is 0 Å². The number of amides is 1. The number of nitrogens with one attached hydrogen (secondary N) is 2. The molecule has 4 aromatic heterocycles. The lowest BCUT2D eigenvalue weighted by atomic mass is 10.2. The Morgan fingerprint density at radius 1 is 1.28 bits per heavy atom. The van der Waals surface area contributed by atoms with Gasteiger partial charge in [-0.05, 0) is 30.5 Å². The van der Waals surface area contributed by atoms with Crippen molar-refractivity contribution < 1.29 is 4.79 Å². The maximum absolute atomic E-state index is 11.8. The maximum Gasteiger partial charge on any atom is 0.252 e. The van der Waals surface area contributed by atoms with Gasteiger partial charge in [-0.15, -0.1) is 11.3 Å². The minimum Gasteiger partial charge on any atom is -0.365 e. The van der Waals surface area contributed by atoms with Crippen molar-refractivity contribution in [3.05, 3.63) is 63.2 Å². The van der Waals surface area contributed by atoms with Crippen LogP contribution in [0.4, 0.5) is 5.82 Å². The zero-order valence-corrected chi connectivity index (χ0v) is 16.6. The summed E-state index contributed by atoms with van der Waals surface area (Å²) in [5.41, 5.74) is 9.99. The number of aryl methyl sites for hydroxylation is 1. The number of carbonyl (C=O) groups excluding carboxylic acids is 1. The highest BCUT2D eigenvalue weighted by molar-refractivity contribution is 7.09. The highest BCUT2D eigenvalue weighted by Gasteiger charge is 2.23. The fourth-order valence-corrected chi connectivity index (χ4v) is 4.29. The van der Waals surface area contributed by atoms with Crippen LogP contribution < -0.4 is 16.4 Å². The number of nitrogens with two attached hydrogens (primary N) is 1. The minimum atomic E-state index is -0.510. The lowest BCUT2D eigenvalue weighted by Crippen LogP contribution is -2.12. The van der Waals surface area contributed by atoms with Crippen molar-refractivity contribution in [2.45, 2.75) is 26.6 Å². The third kappa shape index (κ3) is 3.04. The highest BCUT2D eigenvalue weighted by Crippen LogP contribution is 2.29. The number of pyridine rings is 1. The summed E-state index contributed by atoms with van der Waals surface area (Å²) < 4.78 is 1.84. The number of nitrogens with zero attached hydrogens (tertiary/aromatic N) is 4. The molecule has 1 amide bonds. The van der Waals surface area contributed by atoms with Crippen molar-refractivity contribution in [1.82, 2.24) is 24.7 Å². The van der Waals surface area contributed by atoms with Crippen LogP contribution in [-0.4, -0.2) is 25.3 Å². The second kappa shape index (κ2) is 6.94. The first kappa shape index (κ1) is 17.8. The van der Waals surface area contributed by atoms with Crippen LogP contribution in [0.15, 0.2) is 35.8 Å². The maximum atomic E-state index is 11.8. The number of aromatic nitrogens is 4. The quantitative estimate of drug-likeness (QED) is 0.470. The van der Waals surface area contributed by atoms with Gasteiger partial charge in [0.25, 0.3) is 5.91 Å². The van der Waals surface area contributed by atoms with Gasteiger partial charge in [-0.3, -0.25) is 9.20 Å². The first-order valence-corrected chi connectivity index (χ1v) is 10.1. The Morgan fingerprint density at radius 3 is 2.97 bits per heavy atom. The summed E-state index contributed by atoms with van der Waals surface area (Å²) in [5, 5.41) is 8.87. The molecule has 5 heterocycles. The van der Waals surface area contributed by atoms with Gasteiger partial charge < -0.3 is 16.4 Å². The Bertz CT molecular complexity index is 1230. The average molecular weight is 405 g/mol. The van der Waals surface area contributed by atoms with E-state index in [4.69, 9.17) is 15.7 Å². The van der Waals surface area contributed by atoms with Crippen LogP contribution in [0.2, 0.25) is 0 Å². The summed E-state index contributed by atoms with van der Waals surface area (Å²) in [6.07, 6.45) is 1.85. The summed E-state index contributed by atoms with van der Waals surface area (Å²) in [6, 6.07) is 7.59. The number of primary amides is 1. The molecule has 146 valence electrons. The predicted molar refractivity (Wildman–Crippen MR) is 112 cm³/mol. The van der Waals surface area contributed by atoms with E-state index in [1.807, 2.05) is 23.6 Å². The van der Waals surface area contributed by atoms with E-state index in [1.54, 1.807) is 23.5 Å². The van der Waals surface area contributed by atoms with E-state index in [0.717, 1.165) is 35.0 Å². The summed E-state index contributed by atoms with van der Waals surface area (Å²) in [4.78, 5) is 27.2. The third-order valence-electron chi connectivity index (χ3n) is 5.00. The predicted octanol–water partition coefficient (Wildman–Crippen LogP) is 2.48. The molecule has 29 heavy (non-hydrogen) atoms. The molecule has 0 saturated carbocycles. The van der Waals surface area contributed by atoms with Crippen LogP contribution in [0.25, 0.3) is 17.2 Å². The van der Waals surface area contributed by atoms with Crippen LogP contribution in [0, 0.1) is 6.92 Å². The van der Waals surface area contributed by atoms with E-state index in [2.05, 4.69) is 27.1 Å². The fourth-order valence-electron chi connectivity index (χ4n) is 3.65. The third-order valence-corrected chi connectivity index (χ3v) is 5.88. The number of hydrogen-bond acceptors (Lipinski definition) is 7. The number of rotatable bonds is 5. The van der Waals surface area contributed by atoms with E-state index in [0.29, 0.717) is 30.1 Å². The van der Waals surface area contributed by atoms with Gasteiger partial charge >= 0.3 is 0 Å². The number of anilines is 1. The molecule has 0 saturated heterocycles. The Morgan fingerprint density at radius 2 is 2.17 bits per heavy atom. The van der Waals surface area contributed by atoms with Crippen molar-refractivity contribution >= 4 is 28.7 Å². The highest BCUT2D eigenvalue weighted by atomic mass is 32.1. The number of imidazole rings is 1. The SMILES string of the molecule is Cc1nc2c(C(N)=O)cccn2c1-c1nc2c(c(NCc3cccs3)n1)CNC2. The first-order valence-electron chi connectivity index (χ1n) is 9.26. The molecule has 0 spiro atoms. The van der Waals surface area contributed by atoms with Gasteiger partial charge in [0.1, 0.15) is 17.2 Å². The van der Waals surface area contributed by atoms with Gasteiger partial charge in [0.2, 0.25) is 0 Å². The Balaban J connectivity index is 1.63. The number of hydrogen-bond donors (Lipinski definition) is 3. The Kier molecular flexibility index (Phi) is 4.26. The number of fused-ring (bicyclic) bond motifs is 2. The summed E-state index contributed by atoms with van der Waals surface area (Å²) in [5.74, 6) is 0.890. The molecule has 4 N–H and O–H groups in total. The molecule has 0 fully saturated rings. The second-order valence-corrected chi connectivity index (χ2v) is 7.92. The van der Waals surface area contributed by atoms with Crippen LogP contribution in [0.1, 0.15) is 32.2 Å². The average Bonchev–Trinajstić information content (AvgIpc) is 3.44. The molecule has 0 bridgehead atoms. The van der Waals surface area contributed by atoms with Gasteiger partial charge in [-0.25, -0.2) is 15.0 Å². The largest absolute Gasteiger partial charge is 0.365 e. The summed E-state index contributed by atoms with van der Waals surface area (Å²) in [7, 11) is 0. The Hall–Kier alpha value is -3.30. The van der Waals surface area contributed by atoms with Crippen molar-refractivity contribution in [1.29, 1.82) is 0 Å². The number of carbonyl (C=O) groups is 1. The first-order chi connectivity index (χ1) is 14.1. The van der Waals surface area contributed by atoms with E-state index in [1.165, 1.54) is 4.88 Å². The van der Waals surface area contributed by atoms with Gasteiger partial charge in [0.15, 0.2) is 5.82 Å². The monoisotopic (exact) mass is 405 g/mol. The van der Waals surface area contributed by atoms with Gasteiger partial charge in [0, 0.05) is 29.7 Å². The van der Waals surface area contributed by atoms with Crippen LogP contribution >= 0.6 is 11.3 Å². The lowest BCUT2D eigenvalue weighted by Gasteiger charge is -2.12. The summed E-state index contributed by atoms with van der Waals surface area (Å²) >= 11 is 1.71. The van der Waals surface area contributed by atoms with Crippen molar-refractivity contribution in [3.63, 3.8) is 0 Å². The molecule has 0 aliphatic carbocycles. The Labute approximate surface area is 170 Å². The van der Waals surface area contributed by atoms with Crippen LogP contribution in [0.3, 0.4) is 0 Å². The number of thiophene rings is 1. The standard InChI is InChI=1S/C20H19N7OS/c1-11-16(27-6-2-5-13(17(21)28)20(27)24-11)19-25-15-10-22-9-14(15)18(26-19)23-8-12-4-3-7-29-12/h2-7,22H,8-10H2,1H3,(H2,21,28)(H,23,25,26). The molecule has 0 atom stereocenters. The zero-order valence-electron chi connectivity index (χ0n) is 15.8.